The van der Waals surface area contributed by atoms with Crippen LogP contribution in [-0.4, -0.2) is 49.3 Å². The lowest BCUT2D eigenvalue weighted by Gasteiger charge is -2.21. The predicted molar refractivity (Wildman–Crippen MR) is 95.0 cm³/mol. The predicted octanol–water partition coefficient (Wildman–Crippen LogP) is 2.09. The quantitative estimate of drug-likeness (QED) is 0.614. The molecule has 0 heterocycles. The summed E-state index contributed by atoms with van der Waals surface area (Å²) in [6.07, 6.45) is 2.07. The van der Waals surface area contributed by atoms with Gasteiger partial charge in [0, 0.05) is 31.6 Å². The summed E-state index contributed by atoms with van der Waals surface area (Å²) < 4.78 is 26.2. The molecule has 1 aromatic carbocycles. The lowest BCUT2D eigenvalue weighted by molar-refractivity contribution is -0.137. The molecule has 1 amide bonds. The average molecular weight is 370 g/mol. The number of benzene rings is 1. The molecule has 0 aromatic heterocycles. The first kappa shape index (κ1) is 21.1. The molecule has 1 aromatic rings. The molecule has 0 aliphatic heterocycles. The molecule has 0 atom stereocenters. The van der Waals surface area contributed by atoms with E-state index in [1.54, 1.807) is 26.0 Å². The molecule has 0 saturated carbocycles. The van der Waals surface area contributed by atoms with Gasteiger partial charge in [0.15, 0.2) is 0 Å². The number of aliphatic carboxylic acids is 1. The Hall–Kier alpha value is -1.93. The average Bonchev–Trinajstić information content (AvgIpc) is 2.56. The van der Waals surface area contributed by atoms with Crippen molar-refractivity contribution in [3.8, 4) is 0 Å². The Morgan fingerprint density at radius 1 is 1.20 bits per heavy atom. The summed E-state index contributed by atoms with van der Waals surface area (Å²) in [7, 11) is -2.13. The van der Waals surface area contributed by atoms with E-state index in [1.165, 1.54) is 23.5 Å². The van der Waals surface area contributed by atoms with Gasteiger partial charge in [0.1, 0.15) is 0 Å². The Labute approximate surface area is 149 Å². The van der Waals surface area contributed by atoms with Crippen LogP contribution in [0.25, 0.3) is 0 Å². The second kappa shape index (κ2) is 9.53. The number of carbonyl (C=O) groups excluding carboxylic acids is 1. The van der Waals surface area contributed by atoms with Crippen molar-refractivity contribution < 1.29 is 23.1 Å². The normalized spacial score (nSPS) is 11.7. The highest BCUT2D eigenvalue weighted by Gasteiger charge is 2.23. The van der Waals surface area contributed by atoms with Gasteiger partial charge in [0.2, 0.25) is 10.0 Å². The molecule has 2 N–H and O–H groups in total. The first-order valence-electron chi connectivity index (χ1n) is 8.24. The van der Waals surface area contributed by atoms with Gasteiger partial charge in [-0.1, -0.05) is 12.5 Å². The van der Waals surface area contributed by atoms with E-state index in [1.807, 2.05) is 0 Å². The third-order valence-corrected chi connectivity index (χ3v) is 5.88. The minimum absolute atomic E-state index is 0.0813. The molecule has 0 unspecified atom stereocenters. The van der Waals surface area contributed by atoms with Crippen molar-refractivity contribution in [3.63, 3.8) is 0 Å². The lowest BCUT2D eigenvalue weighted by atomic mass is 10.2. The number of hydrogen-bond donors (Lipinski definition) is 2. The second-order valence-electron chi connectivity index (χ2n) is 6.10. The van der Waals surface area contributed by atoms with E-state index >= 15 is 0 Å². The molecule has 0 saturated heterocycles. The second-order valence-corrected chi connectivity index (χ2v) is 8.10. The molecule has 0 aliphatic rings. The molecule has 1 rings (SSSR count). The first-order valence-corrected chi connectivity index (χ1v) is 9.68. The number of rotatable bonds is 10. The summed E-state index contributed by atoms with van der Waals surface area (Å²) in [5.41, 5.74) is 0.281. The zero-order chi connectivity index (χ0) is 19.0. The molecule has 0 radical (unpaired) electrons. The van der Waals surface area contributed by atoms with E-state index in [0.29, 0.717) is 25.8 Å². The number of nitrogens with zero attached hydrogens (tertiary/aromatic N) is 1. The lowest BCUT2D eigenvalue weighted by Crippen LogP contribution is -2.33. The minimum Gasteiger partial charge on any atom is -0.481 e. The van der Waals surface area contributed by atoms with Gasteiger partial charge in [-0.2, -0.15) is 4.31 Å². The van der Waals surface area contributed by atoms with Crippen molar-refractivity contribution >= 4 is 21.9 Å². The van der Waals surface area contributed by atoms with Gasteiger partial charge in [0.25, 0.3) is 5.91 Å². The molecule has 7 nitrogen and oxygen atoms in total. The minimum atomic E-state index is -3.64. The maximum absolute atomic E-state index is 12.5. The SMILES string of the molecule is CC(C)N(C)S(=O)(=O)c1cccc(C(=O)NCCCCCC(=O)O)c1. The van der Waals surface area contributed by atoms with Crippen molar-refractivity contribution in [3.05, 3.63) is 29.8 Å². The van der Waals surface area contributed by atoms with Crippen molar-refractivity contribution in [1.29, 1.82) is 0 Å². The van der Waals surface area contributed by atoms with E-state index in [-0.39, 0.29) is 28.8 Å². The van der Waals surface area contributed by atoms with Gasteiger partial charge < -0.3 is 10.4 Å². The molecule has 140 valence electrons. The number of unbranched alkanes of at least 4 members (excludes halogenated alkanes) is 2. The van der Waals surface area contributed by atoms with Crippen molar-refractivity contribution in [2.75, 3.05) is 13.6 Å². The van der Waals surface area contributed by atoms with Gasteiger partial charge in [-0.05, 0) is 44.9 Å². The van der Waals surface area contributed by atoms with Crippen LogP contribution in [0.2, 0.25) is 0 Å². The fraction of sp³-hybridized carbons (Fsp3) is 0.529. The van der Waals surface area contributed by atoms with Crippen LogP contribution >= 0.6 is 0 Å². The van der Waals surface area contributed by atoms with Gasteiger partial charge in [-0.15, -0.1) is 0 Å². The van der Waals surface area contributed by atoms with E-state index < -0.39 is 16.0 Å². The summed E-state index contributed by atoms with van der Waals surface area (Å²) >= 11 is 0. The summed E-state index contributed by atoms with van der Waals surface area (Å²) in [6, 6.07) is 5.76. The van der Waals surface area contributed by atoms with Crippen molar-refractivity contribution in [2.45, 2.75) is 50.5 Å². The fourth-order valence-electron chi connectivity index (χ4n) is 2.12. The highest BCUT2D eigenvalue weighted by Crippen LogP contribution is 2.17. The van der Waals surface area contributed by atoms with E-state index in [0.717, 1.165) is 0 Å². The number of nitrogens with one attached hydrogen (secondary N) is 1. The molecule has 25 heavy (non-hydrogen) atoms. The molecule has 0 bridgehead atoms. The first-order chi connectivity index (χ1) is 11.7. The molecule has 0 spiro atoms. The summed E-state index contributed by atoms with van der Waals surface area (Å²) in [5.74, 6) is -1.17. The molecule has 8 heteroatoms. The van der Waals surface area contributed by atoms with Gasteiger partial charge in [-0.3, -0.25) is 9.59 Å². The third-order valence-electron chi connectivity index (χ3n) is 3.85. The van der Waals surface area contributed by atoms with Crippen molar-refractivity contribution in [1.82, 2.24) is 9.62 Å². The number of carboxylic acids is 1. The Morgan fingerprint density at radius 3 is 2.48 bits per heavy atom. The number of carboxylic acid groups (broad SMARTS) is 1. The number of amides is 1. The Balaban J connectivity index is 2.65. The Kier molecular flexibility index (Phi) is 8.05. The molecular formula is C17H26N2O5S. The molecule has 0 fully saturated rings. The topological polar surface area (TPSA) is 104 Å². The van der Waals surface area contributed by atoms with Crippen molar-refractivity contribution in [2.24, 2.45) is 0 Å². The Morgan fingerprint density at radius 2 is 1.88 bits per heavy atom. The zero-order valence-corrected chi connectivity index (χ0v) is 15.7. The monoisotopic (exact) mass is 370 g/mol. The van der Waals surface area contributed by atoms with Crippen LogP contribution in [0, 0.1) is 0 Å². The largest absolute Gasteiger partial charge is 0.481 e. The smallest absolute Gasteiger partial charge is 0.303 e. The number of sulfonamides is 1. The van der Waals surface area contributed by atoms with Crippen LogP contribution in [0.15, 0.2) is 29.2 Å². The fourth-order valence-corrected chi connectivity index (χ4v) is 3.54. The van der Waals surface area contributed by atoms with Gasteiger partial charge >= 0.3 is 5.97 Å². The summed E-state index contributed by atoms with van der Waals surface area (Å²) in [5, 5.41) is 11.3. The highest BCUT2D eigenvalue weighted by molar-refractivity contribution is 7.89. The zero-order valence-electron chi connectivity index (χ0n) is 14.9. The maximum Gasteiger partial charge on any atom is 0.303 e. The summed E-state index contributed by atoms with van der Waals surface area (Å²) in [6.45, 7) is 3.97. The standard InChI is InChI=1S/C17H26N2O5S/c1-13(2)19(3)25(23,24)15-9-7-8-14(12-15)17(22)18-11-6-4-5-10-16(20)21/h7-9,12-13H,4-6,10-11H2,1-3H3,(H,18,22)(H,20,21). The molecule has 0 aliphatic carbocycles. The molecular weight excluding hydrogens is 344 g/mol. The highest BCUT2D eigenvalue weighted by atomic mass is 32.2. The number of hydrogen-bond acceptors (Lipinski definition) is 4. The van der Waals surface area contributed by atoms with E-state index in [4.69, 9.17) is 5.11 Å². The number of carbonyl (C=O) groups is 2. The maximum atomic E-state index is 12.5. The van der Waals surface area contributed by atoms with E-state index in [2.05, 4.69) is 5.32 Å². The third kappa shape index (κ3) is 6.47. The Bertz CT molecular complexity index is 701. The van der Waals surface area contributed by atoms with E-state index in [9.17, 15) is 18.0 Å². The van der Waals surface area contributed by atoms with Gasteiger partial charge in [-0.25, -0.2) is 8.42 Å². The van der Waals surface area contributed by atoms with Crippen LogP contribution in [0.3, 0.4) is 0 Å². The van der Waals surface area contributed by atoms with Gasteiger partial charge in [0.05, 0.1) is 4.90 Å². The van der Waals surface area contributed by atoms with Crippen LogP contribution in [0.5, 0.6) is 0 Å². The van der Waals surface area contributed by atoms with Crippen LogP contribution in [0.1, 0.15) is 49.9 Å². The van der Waals surface area contributed by atoms with Crippen LogP contribution < -0.4 is 5.32 Å². The van der Waals surface area contributed by atoms with Crippen LogP contribution in [-0.2, 0) is 14.8 Å². The summed E-state index contributed by atoms with van der Waals surface area (Å²) in [4.78, 5) is 22.6. The van der Waals surface area contributed by atoms with Crippen LogP contribution in [0.4, 0.5) is 0 Å².